The highest BCUT2D eigenvalue weighted by atomic mass is 32.2. The van der Waals surface area contributed by atoms with Crippen molar-refractivity contribution in [2.24, 2.45) is 0 Å². The lowest BCUT2D eigenvalue weighted by molar-refractivity contribution is 0.554. The van der Waals surface area contributed by atoms with Crippen molar-refractivity contribution in [3.63, 3.8) is 0 Å². The molecule has 3 N–H and O–H groups in total. The lowest BCUT2D eigenvalue weighted by Gasteiger charge is -2.14. The standard InChI is InChI=1S/C17H15N3O4S/c21-16-13-9-11(6-8-14(13)18-17(22)19-16)25(23,24)20-15-7-5-10-3-1-2-4-12(10)15/h1-4,6,8-9,15,20H,5,7H2,(H2,18,19,21,22). The van der Waals surface area contributed by atoms with Crippen LogP contribution >= 0.6 is 0 Å². The van der Waals surface area contributed by atoms with Gasteiger partial charge in [0.25, 0.3) is 5.56 Å². The fraction of sp³-hybridized carbons (Fsp3) is 0.176. The van der Waals surface area contributed by atoms with Crippen molar-refractivity contribution in [1.29, 1.82) is 0 Å². The minimum atomic E-state index is -3.80. The molecule has 1 heterocycles. The van der Waals surface area contributed by atoms with Crippen LogP contribution in [0, 0.1) is 0 Å². The second kappa shape index (κ2) is 5.68. The number of nitrogens with one attached hydrogen (secondary N) is 3. The number of hydrogen-bond acceptors (Lipinski definition) is 4. The van der Waals surface area contributed by atoms with E-state index in [1.807, 2.05) is 24.3 Å². The summed E-state index contributed by atoms with van der Waals surface area (Å²) in [6.07, 6.45) is 1.52. The summed E-state index contributed by atoms with van der Waals surface area (Å²) < 4.78 is 28.2. The molecule has 25 heavy (non-hydrogen) atoms. The van der Waals surface area contributed by atoms with Crippen molar-refractivity contribution in [3.8, 4) is 0 Å². The van der Waals surface area contributed by atoms with Gasteiger partial charge in [-0.15, -0.1) is 0 Å². The Morgan fingerprint density at radius 2 is 1.84 bits per heavy atom. The molecule has 4 rings (SSSR count). The van der Waals surface area contributed by atoms with Gasteiger partial charge >= 0.3 is 5.69 Å². The highest BCUT2D eigenvalue weighted by molar-refractivity contribution is 7.89. The lowest BCUT2D eigenvalue weighted by atomic mass is 10.1. The highest BCUT2D eigenvalue weighted by Crippen LogP contribution is 2.32. The molecule has 128 valence electrons. The average molecular weight is 357 g/mol. The Labute approximate surface area is 142 Å². The molecule has 0 radical (unpaired) electrons. The molecule has 0 amide bonds. The summed E-state index contributed by atoms with van der Waals surface area (Å²) in [6.45, 7) is 0. The topological polar surface area (TPSA) is 112 Å². The van der Waals surface area contributed by atoms with Gasteiger partial charge in [0.05, 0.1) is 15.8 Å². The van der Waals surface area contributed by atoms with Crippen LogP contribution < -0.4 is 16.0 Å². The summed E-state index contributed by atoms with van der Waals surface area (Å²) in [6, 6.07) is 11.5. The third-order valence-corrected chi connectivity index (χ3v) is 5.92. The zero-order valence-electron chi connectivity index (χ0n) is 13.1. The van der Waals surface area contributed by atoms with Crippen LogP contribution in [-0.4, -0.2) is 18.4 Å². The molecule has 0 aliphatic heterocycles. The molecule has 2 aromatic carbocycles. The molecule has 1 aromatic heterocycles. The van der Waals surface area contributed by atoms with Gasteiger partial charge in [-0.1, -0.05) is 24.3 Å². The third-order valence-electron chi connectivity index (χ3n) is 4.45. The van der Waals surface area contributed by atoms with Gasteiger partial charge in [0.15, 0.2) is 0 Å². The molecule has 1 atom stereocenters. The van der Waals surface area contributed by atoms with Crippen molar-refractivity contribution >= 4 is 20.9 Å². The molecule has 0 spiro atoms. The van der Waals surface area contributed by atoms with Gasteiger partial charge in [-0.2, -0.15) is 0 Å². The van der Waals surface area contributed by atoms with Crippen LogP contribution in [0.4, 0.5) is 0 Å². The molecule has 1 aliphatic rings. The number of H-pyrrole nitrogens is 2. The van der Waals surface area contributed by atoms with E-state index in [0.717, 1.165) is 17.5 Å². The van der Waals surface area contributed by atoms with Crippen molar-refractivity contribution in [3.05, 3.63) is 74.4 Å². The summed E-state index contributed by atoms with van der Waals surface area (Å²) in [4.78, 5) is 27.7. The van der Waals surface area contributed by atoms with Gasteiger partial charge in [-0.05, 0) is 42.2 Å². The first kappa shape index (κ1) is 15.8. The maximum atomic E-state index is 12.7. The molecule has 0 saturated heterocycles. The van der Waals surface area contributed by atoms with Gasteiger partial charge < -0.3 is 4.98 Å². The Balaban J connectivity index is 1.73. The molecule has 0 bridgehead atoms. The highest BCUT2D eigenvalue weighted by Gasteiger charge is 2.27. The Hall–Kier alpha value is -2.71. The second-order valence-electron chi connectivity index (χ2n) is 6.03. The van der Waals surface area contributed by atoms with Gasteiger partial charge in [0, 0.05) is 6.04 Å². The molecule has 7 nitrogen and oxygen atoms in total. The number of fused-ring (bicyclic) bond motifs is 2. The van der Waals surface area contributed by atoms with Gasteiger partial charge in [-0.3, -0.25) is 9.78 Å². The van der Waals surface area contributed by atoms with E-state index in [2.05, 4.69) is 14.7 Å². The van der Waals surface area contributed by atoms with Crippen molar-refractivity contribution in [1.82, 2.24) is 14.7 Å². The van der Waals surface area contributed by atoms with Crippen LogP contribution in [0.2, 0.25) is 0 Å². The SMILES string of the molecule is O=c1[nH]c(=O)c2cc(S(=O)(=O)NC3CCc4ccccc43)ccc2[nH]1. The second-order valence-corrected chi connectivity index (χ2v) is 7.74. The van der Waals surface area contributed by atoms with E-state index in [1.54, 1.807) is 0 Å². The first-order chi connectivity index (χ1) is 11.9. The van der Waals surface area contributed by atoms with Crippen LogP contribution in [0.15, 0.2) is 56.9 Å². The normalized spacial score (nSPS) is 16.9. The predicted molar refractivity (Wildman–Crippen MR) is 93.0 cm³/mol. The number of aromatic amines is 2. The minimum absolute atomic E-state index is 0.0121. The number of sulfonamides is 1. The molecule has 1 unspecified atom stereocenters. The Morgan fingerprint density at radius 1 is 1.04 bits per heavy atom. The van der Waals surface area contributed by atoms with E-state index in [9.17, 15) is 18.0 Å². The van der Waals surface area contributed by atoms with Crippen molar-refractivity contribution in [2.45, 2.75) is 23.8 Å². The summed E-state index contributed by atoms with van der Waals surface area (Å²) >= 11 is 0. The predicted octanol–water partition coefficient (Wildman–Crippen LogP) is 1.18. The lowest BCUT2D eigenvalue weighted by Crippen LogP contribution is -2.28. The molecule has 1 aliphatic carbocycles. The zero-order valence-corrected chi connectivity index (χ0v) is 13.9. The quantitative estimate of drug-likeness (QED) is 0.653. The third kappa shape index (κ3) is 2.79. The fourth-order valence-electron chi connectivity index (χ4n) is 3.25. The molecule has 0 fully saturated rings. The molecular weight excluding hydrogens is 342 g/mol. The van der Waals surface area contributed by atoms with Crippen LogP contribution in [0.3, 0.4) is 0 Å². The largest absolute Gasteiger partial charge is 0.326 e. The van der Waals surface area contributed by atoms with Crippen molar-refractivity contribution in [2.75, 3.05) is 0 Å². The van der Waals surface area contributed by atoms with Crippen LogP contribution in [0.25, 0.3) is 10.9 Å². The maximum Gasteiger partial charge on any atom is 0.326 e. The van der Waals surface area contributed by atoms with Gasteiger partial charge in [0.2, 0.25) is 10.0 Å². The monoisotopic (exact) mass is 357 g/mol. The van der Waals surface area contributed by atoms with Crippen LogP contribution in [0.5, 0.6) is 0 Å². The number of benzene rings is 2. The average Bonchev–Trinajstić information content (AvgIpc) is 2.97. The van der Waals surface area contributed by atoms with E-state index < -0.39 is 21.3 Å². The van der Waals surface area contributed by atoms with Crippen molar-refractivity contribution < 1.29 is 8.42 Å². The zero-order chi connectivity index (χ0) is 17.6. The summed E-state index contributed by atoms with van der Waals surface area (Å²) in [5, 5.41) is 0.120. The van der Waals surface area contributed by atoms with E-state index in [1.165, 1.54) is 18.2 Å². The van der Waals surface area contributed by atoms with Crippen LogP contribution in [-0.2, 0) is 16.4 Å². The fourth-order valence-corrected chi connectivity index (χ4v) is 4.52. The first-order valence-corrected chi connectivity index (χ1v) is 9.29. The molecule has 3 aromatic rings. The summed E-state index contributed by atoms with van der Waals surface area (Å²) in [5.74, 6) is 0. The molecule has 8 heteroatoms. The Morgan fingerprint density at radius 3 is 2.68 bits per heavy atom. The number of rotatable bonds is 3. The van der Waals surface area contributed by atoms with E-state index >= 15 is 0 Å². The molecular formula is C17H15N3O4S. The number of aryl methyl sites for hydroxylation is 1. The van der Waals surface area contributed by atoms with Crippen LogP contribution in [0.1, 0.15) is 23.6 Å². The molecule has 0 saturated carbocycles. The van der Waals surface area contributed by atoms with E-state index in [4.69, 9.17) is 0 Å². The Bertz CT molecular complexity index is 1190. The number of hydrogen-bond donors (Lipinski definition) is 3. The van der Waals surface area contributed by atoms with E-state index in [-0.39, 0.29) is 16.3 Å². The minimum Gasteiger partial charge on any atom is -0.307 e. The maximum absolute atomic E-state index is 12.7. The Kier molecular flexibility index (Phi) is 3.59. The summed E-state index contributed by atoms with van der Waals surface area (Å²) in [5.41, 5.74) is 1.16. The smallest absolute Gasteiger partial charge is 0.307 e. The summed E-state index contributed by atoms with van der Waals surface area (Å²) in [7, 11) is -3.80. The first-order valence-electron chi connectivity index (χ1n) is 7.80. The van der Waals surface area contributed by atoms with Gasteiger partial charge in [-0.25, -0.2) is 17.9 Å². The number of aromatic nitrogens is 2. The van der Waals surface area contributed by atoms with E-state index in [0.29, 0.717) is 11.9 Å². The van der Waals surface area contributed by atoms with Gasteiger partial charge in [0.1, 0.15) is 0 Å².